The first-order valence-electron chi connectivity index (χ1n) is 8.98. The van der Waals surface area contributed by atoms with Crippen LogP contribution >= 0.6 is 11.3 Å². The van der Waals surface area contributed by atoms with Gasteiger partial charge in [0.2, 0.25) is 5.88 Å². The second-order valence-electron chi connectivity index (χ2n) is 6.61. The molecule has 0 saturated heterocycles. The van der Waals surface area contributed by atoms with E-state index in [-0.39, 0.29) is 10.6 Å². The molecule has 3 aromatic heterocycles. The summed E-state index contributed by atoms with van der Waals surface area (Å²) in [5, 5.41) is 12.8. The third kappa shape index (κ3) is 2.83. The summed E-state index contributed by atoms with van der Waals surface area (Å²) in [7, 11) is 0. The van der Waals surface area contributed by atoms with Crippen molar-refractivity contribution in [1.29, 1.82) is 0 Å². The number of aromatic carboxylic acids is 1. The quantitative estimate of drug-likeness (QED) is 0.473. The number of carbonyl (C=O) groups is 2. The van der Waals surface area contributed by atoms with E-state index in [0.29, 0.717) is 33.2 Å². The Bertz CT molecular complexity index is 1320. The first kappa shape index (κ1) is 18.1. The average molecular weight is 418 g/mol. The number of carboxylic acids is 1. The van der Waals surface area contributed by atoms with Crippen molar-refractivity contribution < 1.29 is 19.4 Å². The summed E-state index contributed by atoms with van der Waals surface area (Å²) in [6.07, 6.45) is 3.12. The number of benzene rings is 1. The summed E-state index contributed by atoms with van der Waals surface area (Å²) < 4.78 is 5.77. The fourth-order valence-corrected chi connectivity index (χ4v) is 4.35. The van der Waals surface area contributed by atoms with Gasteiger partial charge < -0.3 is 15.2 Å². The number of amides is 2. The SMILES string of the molecule is Cc1cc(Oc2ccccc2)ncc1N1C(=O)Nc2c(C(=O)O)sc3nccc1c23. The molecule has 0 radical (unpaired) electrons. The van der Waals surface area contributed by atoms with Crippen molar-refractivity contribution in [2.75, 3.05) is 10.2 Å². The molecule has 0 unspecified atom stereocenters. The van der Waals surface area contributed by atoms with E-state index in [4.69, 9.17) is 4.74 Å². The van der Waals surface area contributed by atoms with Crippen molar-refractivity contribution in [3.63, 3.8) is 0 Å². The van der Waals surface area contributed by atoms with Crippen molar-refractivity contribution in [1.82, 2.24) is 9.97 Å². The maximum atomic E-state index is 12.9. The summed E-state index contributed by atoms with van der Waals surface area (Å²) in [5.41, 5.74) is 2.17. The molecular weight excluding hydrogens is 404 g/mol. The smallest absolute Gasteiger partial charge is 0.348 e. The Labute approximate surface area is 174 Å². The van der Waals surface area contributed by atoms with Gasteiger partial charge in [-0.25, -0.2) is 19.6 Å². The molecule has 2 amide bonds. The normalized spacial score (nSPS) is 12.7. The number of anilines is 3. The largest absolute Gasteiger partial charge is 0.477 e. The van der Waals surface area contributed by atoms with E-state index in [9.17, 15) is 14.7 Å². The Morgan fingerprint density at radius 2 is 1.97 bits per heavy atom. The summed E-state index contributed by atoms with van der Waals surface area (Å²) in [6.45, 7) is 1.85. The molecule has 30 heavy (non-hydrogen) atoms. The Morgan fingerprint density at radius 1 is 1.17 bits per heavy atom. The number of para-hydroxylation sites is 1. The first-order chi connectivity index (χ1) is 14.5. The van der Waals surface area contributed by atoms with Gasteiger partial charge in [-0.1, -0.05) is 18.2 Å². The average Bonchev–Trinajstić information content (AvgIpc) is 3.10. The number of ether oxygens (including phenoxy) is 1. The summed E-state index contributed by atoms with van der Waals surface area (Å²) in [5.74, 6) is -0.0371. The standard InChI is InChI=1S/C21H14N4O4S/c1-11-9-15(29-12-5-3-2-4-6-12)23-10-14(11)25-13-7-8-22-19-16(13)17(24-21(25)28)18(30-19)20(26)27/h2-10H,1H3,(H,24,28)(H,26,27). The number of hydrogen-bond acceptors (Lipinski definition) is 6. The molecule has 4 heterocycles. The Balaban J connectivity index is 1.59. The molecule has 1 aromatic carbocycles. The number of rotatable bonds is 4. The van der Waals surface area contributed by atoms with Crippen LogP contribution in [0, 0.1) is 6.92 Å². The van der Waals surface area contributed by atoms with Crippen molar-refractivity contribution in [2.45, 2.75) is 6.92 Å². The first-order valence-corrected chi connectivity index (χ1v) is 9.80. The number of aromatic nitrogens is 2. The maximum Gasteiger partial charge on any atom is 0.348 e. The van der Waals surface area contributed by atoms with Crippen LogP contribution in [0.3, 0.4) is 0 Å². The van der Waals surface area contributed by atoms with Gasteiger partial charge >= 0.3 is 12.0 Å². The zero-order chi connectivity index (χ0) is 20.8. The van der Waals surface area contributed by atoms with Crippen molar-refractivity contribution in [3.8, 4) is 11.6 Å². The molecule has 8 nitrogen and oxygen atoms in total. The third-order valence-electron chi connectivity index (χ3n) is 4.70. The van der Waals surface area contributed by atoms with Crippen LogP contribution in [0.2, 0.25) is 0 Å². The maximum absolute atomic E-state index is 12.9. The van der Waals surface area contributed by atoms with E-state index < -0.39 is 12.0 Å². The molecule has 2 N–H and O–H groups in total. The summed E-state index contributed by atoms with van der Waals surface area (Å²) >= 11 is 1.03. The minimum absolute atomic E-state index is 0.0550. The van der Waals surface area contributed by atoms with E-state index in [1.807, 2.05) is 37.3 Å². The van der Waals surface area contributed by atoms with E-state index in [1.54, 1.807) is 24.5 Å². The summed E-state index contributed by atoms with van der Waals surface area (Å²) in [6, 6.07) is 12.3. The number of hydrogen-bond donors (Lipinski definition) is 2. The zero-order valence-electron chi connectivity index (χ0n) is 15.6. The van der Waals surface area contributed by atoms with Gasteiger partial charge in [0.05, 0.1) is 28.6 Å². The van der Waals surface area contributed by atoms with E-state index in [1.165, 1.54) is 4.90 Å². The van der Waals surface area contributed by atoms with Gasteiger partial charge in [-0.05, 0) is 30.7 Å². The Morgan fingerprint density at radius 3 is 2.70 bits per heavy atom. The van der Waals surface area contributed by atoms with Crippen LogP contribution in [0.4, 0.5) is 21.9 Å². The molecule has 0 bridgehead atoms. The second-order valence-corrected chi connectivity index (χ2v) is 7.61. The number of urea groups is 1. The molecule has 1 aliphatic rings. The lowest BCUT2D eigenvalue weighted by atomic mass is 10.1. The predicted molar refractivity (Wildman–Crippen MR) is 113 cm³/mol. The highest BCUT2D eigenvalue weighted by molar-refractivity contribution is 7.21. The van der Waals surface area contributed by atoms with Crippen LogP contribution in [-0.4, -0.2) is 27.1 Å². The molecule has 0 saturated carbocycles. The Kier molecular flexibility index (Phi) is 4.11. The zero-order valence-corrected chi connectivity index (χ0v) is 16.4. The minimum atomic E-state index is -1.10. The molecule has 0 fully saturated rings. The fraction of sp³-hybridized carbons (Fsp3) is 0.0476. The lowest BCUT2D eigenvalue weighted by molar-refractivity contribution is 0.0703. The van der Waals surface area contributed by atoms with Crippen molar-refractivity contribution in [2.24, 2.45) is 0 Å². The third-order valence-corrected chi connectivity index (χ3v) is 5.79. The number of aryl methyl sites for hydroxylation is 1. The molecule has 4 aromatic rings. The molecule has 5 rings (SSSR count). The molecule has 1 aliphatic heterocycles. The van der Waals surface area contributed by atoms with Crippen LogP contribution in [-0.2, 0) is 0 Å². The topological polar surface area (TPSA) is 105 Å². The molecular formula is C21H14N4O4S. The van der Waals surface area contributed by atoms with Crippen molar-refractivity contribution in [3.05, 3.63) is 65.3 Å². The molecule has 9 heteroatoms. The van der Waals surface area contributed by atoms with Crippen LogP contribution in [0.1, 0.15) is 15.2 Å². The number of nitrogens with zero attached hydrogens (tertiary/aromatic N) is 3. The second kappa shape index (κ2) is 6.82. The van der Waals surface area contributed by atoms with Gasteiger partial charge in [0.25, 0.3) is 0 Å². The van der Waals surface area contributed by atoms with Gasteiger partial charge in [-0.15, -0.1) is 11.3 Å². The fourth-order valence-electron chi connectivity index (χ4n) is 3.40. The molecule has 148 valence electrons. The Hall–Kier alpha value is -3.98. The van der Waals surface area contributed by atoms with Gasteiger partial charge in [0.15, 0.2) is 0 Å². The van der Waals surface area contributed by atoms with Crippen LogP contribution in [0.25, 0.3) is 10.2 Å². The van der Waals surface area contributed by atoms with Gasteiger partial charge in [-0.3, -0.25) is 4.90 Å². The minimum Gasteiger partial charge on any atom is -0.477 e. The number of pyridine rings is 2. The predicted octanol–water partition coefficient (Wildman–Crippen LogP) is 5.17. The van der Waals surface area contributed by atoms with E-state index in [2.05, 4.69) is 15.3 Å². The monoisotopic (exact) mass is 418 g/mol. The number of carboxylic acid groups (broad SMARTS) is 1. The van der Waals surface area contributed by atoms with Crippen LogP contribution in [0.15, 0.2) is 54.9 Å². The van der Waals surface area contributed by atoms with Crippen LogP contribution in [0.5, 0.6) is 11.6 Å². The molecule has 0 spiro atoms. The number of thiophene rings is 1. The lowest BCUT2D eigenvalue weighted by Gasteiger charge is -2.29. The highest BCUT2D eigenvalue weighted by Crippen LogP contribution is 2.46. The highest BCUT2D eigenvalue weighted by Gasteiger charge is 2.33. The van der Waals surface area contributed by atoms with Crippen molar-refractivity contribution >= 4 is 50.6 Å². The lowest BCUT2D eigenvalue weighted by Crippen LogP contribution is -2.34. The molecule has 0 atom stereocenters. The highest BCUT2D eigenvalue weighted by atomic mass is 32.1. The molecule has 0 aliphatic carbocycles. The van der Waals surface area contributed by atoms with Gasteiger partial charge in [0.1, 0.15) is 15.5 Å². The van der Waals surface area contributed by atoms with E-state index in [0.717, 1.165) is 16.9 Å². The summed E-state index contributed by atoms with van der Waals surface area (Å²) in [4.78, 5) is 35.2. The number of carbonyl (C=O) groups excluding carboxylic acids is 1. The van der Waals surface area contributed by atoms with Crippen LogP contribution < -0.4 is 15.0 Å². The van der Waals surface area contributed by atoms with Gasteiger partial charge in [0, 0.05) is 12.3 Å². The number of nitrogens with one attached hydrogen (secondary N) is 1. The van der Waals surface area contributed by atoms with Gasteiger partial charge in [-0.2, -0.15) is 0 Å². The van der Waals surface area contributed by atoms with E-state index >= 15 is 0 Å².